The Labute approximate surface area is 150 Å². The number of sulfonamides is 1. The third-order valence-corrected chi connectivity index (χ3v) is 6.73. The fraction of sp³-hybridized carbons (Fsp3) is 0.267. The van der Waals surface area contributed by atoms with Gasteiger partial charge in [-0.25, -0.2) is 8.42 Å². The van der Waals surface area contributed by atoms with E-state index < -0.39 is 10.0 Å². The number of H-pyrrole nitrogens is 1. The molecule has 1 aliphatic rings. The third kappa shape index (κ3) is 3.17. The fourth-order valence-corrected chi connectivity index (χ4v) is 5.14. The molecule has 2 aromatic rings. The van der Waals surface area contributed by atoms with Gasteiger partial charge in [0.2, 0.25) is 10.0 Å². The summed E-state index contributed by atoms with van der Waals surface area (Å²) in [7, 11) is -3.80. The number of aromatic amines is 1. The zero-order chi connectivity index (χ0) is 17.3. The first-order valence-electron chi connectivity index (χ1n) is 7.28. The molecule has 3 rings (SSSR count). The molecular weight excluding hydrogens is 373 g/mol. The summed E-state index contributed by atoms with van der Waals surface area (Å²) in [5.74, 6) is -0.146. The molecule has 9 heteroatoms. The Bertz CT molecular complexity index is 825. The van der Waals surface area contributed by atoms with Gasteiger partial charge in [0.15, 0.2) is 0 Å². The van der Waals surface area contributed by atoms with Gasteiger partial charge in [0.25, 0.3) is 5.91 Å². The zero-order valence-electron chi connectivity index (χ0n) is 12.6. The molecule has 1 N–H and O–H groups in total. The monoisotopic (exact) mass is 387 g/mol. The number of halogens is 2. The van der Waals surface area contributed by atoms with Crippen LogP contribution in [0.3, 0.4) is 0 Å². The SMILES string of the molecule is O=C(c1ccc[nH]1)N1CCN(S(=O)(=O)c2c(Cl)cccc2Cl)CC1. The van der Waals surface area contributed by atoms with Gasteiger partial charge in [-0.05, 0) is 24.3 Å². The van der Waals surface area contributed by atoms with Crippen molar-refractivity contribution in [1.82, 2.24) is 14.2 Å². The first kappa shape index (κ1) is 17.3. The van der Waals surface area contributed by atoms with Crippen LogP contribution in [0.15, 0.2) is 41.4 Å². The van der Waals surface area contributed by atoms with Crippen LogP contribution in [0.4, 0.5) is 0 Å². The number of hydrogen-bond donors (Lipinski definition) is 1. The lowest BCUT2D eigenvalue weighted by Crippen LogP contribution is -2.50. The fourth-order valence-electron chi connectivity index (χ4n) is 2.62. The number of hydrogen-bond acceptors (Lipinski definition) is 3. The first-order chi connectivity index (χ1) is 11.4. The van der Waals surface area contributed by atoms with Gasteiger partial charge in [0.05, 0.1) is 10.0 Å². The molecule has 0 atom stereocenters. The lowest BCUT2D eigenvalue weighted by atomic mass is 10.3. The molecule has 0 unspecified atom stereocenters. The molecule has 0 bridgehead atoms. The zero-order valence-corrected chi connectivity index (χ0v) is 14.9. The van der Waals surface area contributed by atoms with Crippen LogP contribution >= 0.6 is 23.2 Å². The molecule has 1 aromatic carbocycles. The van der Waals surface area contributed by atoms with Crippen LogP contribution < -0.4 is 0 Å². The highest BCUT2D eigenvalue weighted by molar-refractivity contribution is 7.89. The highest BCUT2D eigenvalue weighted by Gasteiger charge is 2.33. The Hall–Kier alpha value is -1.54. The topological polar surface area (TPSA) is 73.5 Å². The average molecular weight is 388 g/mol. The number of amides is 1. The predicted molar refractivity (Wildman–Crippen MR) is 91.9 cm³/mol. The number of carbonyl (C=O) groups is 1. The lowest BCUT2D eigenvalue weighted by Gasteiger charge is -2.34. The maximum Gasteiger partial charge on any atom is 0.270 e. The van der Waals surface area contributed by atoms with E-state index in [-0.39, 0.29) is 33.9 Å². The number of nitrogens with zero attached hydrogens (tertiary/aromatic N) is 2. The molecule has 1 aromatic heterocycles. The minimum Gasteiger partial charge on any atom is -0.357 e. The standard InChI is InChI=1S/C15H15Cl2N3O3S/c16-11-3-1-4-12(17)14(11)24(22,23)20-9-7-19(8-10-20)15(21)13-5-2-6-18-13/h1-6,18H,7-10H2. The minimum atomic E-state index is -3.80. The van der Waals surface area contributed by atoms with Crippen molar-refractivity contribution in [3.63, 3.8) is 0 Å². The molecule has 1 aliphatic heterocycles. The highest BCUT2D eigenvalue weighted by Crippen LogP contribution is 2.31. The van der Waals surface area contributed by atoms with Crippen LogP contribution in [0.1, 0.15) is 10.5 Å². The van der Waals surface area contributed by atoms with E-state index >= 15 is 0 Å². The molecule has 24 heavy (non-hydrogen) atoms. The molecular formula is C15H15Cl2N3O3S. The van der Waals surface area contributed by atoms with Crippen LogP contribution in [0.2, 0.25) is 10.0 Å². The molecule has 6 nitrogen and oxygen atoms in total. The average Bonchev–Trinajstić information content (AvgIpc) is 3.08. The van der Waals surface area contributed by atoms with Gasteiger partial charge in [-0.1, -0.05) is 29.3 Å². The van der Waals surface area contributed by atoms with Crippen molar-refractivity contribution in [3.8, 4) is 0 Å². The molecule has 0 spiro atoms. The smallest absolute Gasteiger partial charge is 0.270 e. The van der Waals surface area contributed by atoms with Gasteiger partial charge in [-0.3, -0.25) is 4.79 Å². The molecule has 128 valence electrons. The van der Waals surface area contributed by atoms with Crippen LogP contribution in [0.5, 0.6) is 0 Å². The van der Waals surface area contributed by atoms with E-state index in [0.29, 0.717) is 18.8 Å². The Morgan fingerprint density at radius 1 is 1.00 bits per heavy atom. The summed E-state index contributed by atoms with van der Waals surface area (Å²) in [5.41, 5.74) is 0.487. The summed E-state index contributed by atoms with van der Waals surface area (Å²) in [5, 5.41) is 0.180. The quantitative estimate of drug-likeness (QED) is 0.878. The normalized spacial score (nSPS) is 16.3. The second-order valence-corrected chi connectivity index (χ2v) is 8.02. The van der Waals surface area contributed by atoms with E-state index in [1.165, 1.54) is 16.4 Å². The lowest BCUT2D eigenvalue weighted by molar-refractivity contribution is 0.0692. The Morgan fingerprint density at radius 3 is 2.17 bits per heavy atom. The number of nitrogens with one attached hydrogen (secondary N) is 1. The third-order valence-electron chi connectivity index (χ3n) is 3.87. The summed E-state index contributed by atoms with van der Waals surface area (Å²) >= 11 is 12.0. The van der Waals surface area contributed by atoms with E-state index in [9.17, 15) is 13.2 Å². The van der Waals surface area contributed by atoms with Crippen molar-refractivity contribution in [1.29, 1.82) is 0 Å². The second kappa shape index (κ2) is 6.76. The number of piperazine rings is 1. The Morgan fingerprint density at radius 2 is 1.62 bits per heavy atom. The van der Waals surface area contributed by atoms with Crippen molar-refractivity contribution >= 4 is 39.1 Å². The van der Waals surface area contributed by atoms with Gasteiger partial charge in [-0.2, -0.15) is 4.31 Å². The summed E-state index contributed by atoms with van der Waals surface area (Å²) in [6.07, 6.45) is 1.67. The summed E-state index contributed by atoms with van der Waals surface area (Å²) in [4.78, 5) is 16.7. The van der Waals surface area contributed by atoms with Crippen molar-refractivity contribution in [2.24, 2.45) is 0 Å². The highest BCUT2D eigenvalue weighted by atomic mass is 35.5. The number of carbonyl (C=O) groups excluding carboxylic acids is 1. The van der Waals surface area contributed by atoms with Crippen LogP contribution in [-0.2, 0) is 10.0 Å². The molecule has 0 radical (unpaired) electrons. The summed E-state index contributed by atoms with van der Waals surface area (Å²) < 4.78 is 26.9. The largest absolute Gasteiger partial charge is 0.357 e. The maximum atomic E-state index is 12.8. The molecule has 1 amide bonds. The van der Waals surface area contributed by atoms with Crippen molar-refractivity contribution < 1.29 is 13.2 Å². The predicted octanol–water partition coefficient (Wildman–Crippen LogP) is 2.47. The number of rotatable bonds is 3. The van der Waals surface area contributed by atoms with Crippen molar-refractivity contribution in [2.45, 2.75) is 4.90 Å². The first-order valence-corrected chi connectivity index (χ1v) is 9.47. The van der Waals surface area contributed by atoms with E-state index in [4.69, 9.17) is 23.2 Å². The Balaban J connectivity index is 1.76. The van der Waals surface area contributed by atoms with E-state index in [2.05, 4.69) is 4.98 Å². The van der Waals surface area contributed by atoms with E-state index in [1.807, 2.05) is 0 Å². The molecule has 0 saturated carbocycles. The van der Waals surface area contributed by atoms with Crippen molar-refractivity contribution in [3.05, 3.63) is 52.3 Å². The number of benzene rings is 1. The Kier molecular flexibility index (Phi) is 4.87. The summed E-state index contributed by atoms with van der Waals surface area (Å²) in [6.45, 7) is 0.991. The second-order valence-electron chi connectivity index (χ2n) is 5.33. The van der Waals surface area contributed by atoms with Crippen LogP contribution in [0.25, 0.3) is 0 Å². The molecule has 1 saturated heterocycles. The molecule has 2 heterocycles. The number of aromatic nitrogens is 1. The van der Waals surface area contributed by atoms with Gasteiger partial charge in [0, 0.05) is 32.4 Å². The van der Waals surface area contributed by atoms with Gasteiger partial charge in [0.1, 0.15) is 10.6 Å². The maximum absolute atomic E-state index is 12.8. The summed E-state index contributed by atoms with van der Waals surface area (Å²) in [6, 6.07) is 8.01. The van der Waals surface area contributed by atoms with Crippen LogP contribution in [-0.4, -0.2) is 54.7 Å². The van der Waals surface area contributed by atoms with E-state index in [1.54, 1.807) is 29.3 Å². The van der Waals surface area contributed by atoms with Gasteiger partial charge >= 0.3 is 0 Å². The van der Waals surface area contributed by atoms with E-state index in [0.717, 1.165) is 0 Å². The molecule has 1 fully saturated rings. The molecule has 0 aliphatic carbocycles. The van der Waals surface area contributed by atoms with Crippen molar-refractivity contribution in [2.75, 3.05) is 26.2 Å². The minimum absolute atomic E-state index is 0.0857. The van der Waals surface area contributed by atoms with Gasteiger partial charge < -0.3 is 9.88 Å². The van der Waals surface area contributed by atoms with Crippen LogP contribution in [0, 0.1) is 0 Å². The van der Waals surface area contributed by atoms with Gasteiger partial charge in [-0.15, -0.1) is 0 Å².